The maximum Gasteiger partial charge on any atom is 0.128 e. The standard InChI is InChI=1S/C38H31N3O/c1-37(2,3)32-18-9-15-29(36(32)42)34-19-10-20-35(41-34)38(26-12-8-11-25(23-26)33-21-22-39-24-40-33)30-16-6-4-13-27(30)28-14-5-7-17-31(28)38/h4-24,42H,1-3H3. The van der Waals surface area contributed by atoms with Crippen molar-refractivity contribution in [1.29, 1.82) is 0 Å². The van der Waals surface area contributed by atoms with Crippen molar-refractivity contribution in [1.82, 2.24) is 15.0 Å². The summed E-state index contributed by atoms with van der Waals surface area (Å²) >= 11 is 0. The fraction of sp³-hybridized carbons (Fsp3) is 0.132. The van der Waals surface area contributed by atoms with Gasteiger partial charge in [-0.25, -0.2) is 9.97 Å². The molecule has 1 aliphatic rings. The van der Waals surface area contributed by atoms with Gasteiger partial charge in [-0.2, -0.15) is 0 Å². The van der Waals surface area contributed by atoms with Gasteiger partial charge in [0.05, 0.1) is 22.5 Å². The van der Waals surface area contributed by atoms with Gasteiger partial charge >= 0.3 is 0 Å². The molecule has 2 heterocycles. The van der Waals surface area contributed by atoms with Crippen molar-refractivity contribution in [3.8, 4) is 39.4 Å². The summed E-state index contributed by atoms with van der Waals surface area (Å²) in [4.78, 5) is 14.0. The van der Waals surface area contributed by atoms with Crippen LogP contribution >= 0.6 is 0 Å². The van der Waals surface area contributed by atoms with E-state index in [1.807, 2.05) is 30.3 Å². The second-order valence-electron chi connectivity index (χ2n) is 11.9. The fourth-order valence-corrected chi connectivity index (χ4v) is 6.49. The second-order valence-corrected chi connectivity index (χ2v) is 11.9. The van der Waals surface area contributed by atoms with E-state index in [2.05, 4.69) is 116 Å². The third kappa shape index (κ3) is 3.94. The molecule has 4 nitrogen and oxygen atoms in total. The third-order valence-corrected chi connectivity index (χ3v) is 8.38. The number of phenolic OH excluding ortho intramolecular Hbond substituents is 1. The van der Waals surface area contributed by atoms with Crippen LogP contribution in [0.25, 0.3) is 33.6 Å². The first-order valence-corrected chi connectivity index (χ1v) is 14.3. The Labute approximate surface area is 246 Å². The molecule has 4 aromatic carbocycles. The number of aromatic nitrogens is 3. The van der Waals surface area contributed by atoms with Crippen molar-refractivity contribution in [2.75, 3.05) is 0 Å². The van der Waals surface area contributed by atoms with Gasteiger partial charge in [-0.1, -0.05) is 106 Å². The van der Waals surface area contributed by atoms with Crippen LogP contribution in [0.3, 0.4) is 0 Å². The highest BCUT2D eigenvalue weighted by Gasteiger charge is 2.47. The fourth-order valence-electron chi connectivity index (χ4n) is 6.49. The first kappa shape index (κ1) is 25.8. The quantitative estimate of drug-likeness (QED) is 0.241. The molecular formula is C38H31N3O. The van der Waals surface area contributed by atoms with E-state index >= 15 is 0 Å². The lowest BCUT2D eigenvalue weighted by Gasteiger charge is -2.33. The minimum Gasteiger partial charge on any atom is -0.507 e. The Bertz CT molecular complexity index is 1890. The van der Waals surface area contributed by atoms with E-state index in [9.17, 15) is 5.11 Å². The van der Waals surface area contributed by atoms with Gasteiger partial charge < -0.3 is 5.11 Å². The summed E-state index contributed by atoms with van der Waals surface area (Å²) in [6, 6.07) is 39.9. The molecule has 1 aliphatic carbocycles. The molecule has 0 aliphatic heterocycles. The molecule has 42 heavy (non-hydrogen) atoms. The highest BCUT2D eigenvalue weighted by molar-refractivity contribution is 5.86. The zero-order valence-electron chi connectivity index (χ0n) is 23.9. The number of aromatic hydroxyl groups is 1. The van der Waals surface area contributed by atoms with Crippen LogP contribution in [-0.2, 0) is 10.8 Å². The summed E-state index contributed by atoms with van der Waals surface area (Å²) in [5.41, 5.74) is 10.1. The Hall–Kier alpha value is -5.09. The highest BCUT2D eigenvalue weighted by Crippen LogP contribution is 2.56. The molecule has 204 valence electrons. The average molecular weight is 546 g/mol. The molecule has 7 rings (SSSR count). The number of pyridine rings is 1. The topological polar surface area (TPSA) is 58.9 Å². The Morgan fingerprint density at radius 2 is 1.31 bits per heavy atom. The van der Waals surface area contributed by atoms with Gasteiger partial charge in [-0.05, 0) is 69.1 Å². The number of phenols is 1. The van der Waals surface area contributed by atoms with Gasteiger partial charge in [-0.3, -0.25) is 4.98 Å². The zero-order valence-corrected chi connectivity index (χ0v) is 23.9. The van der Waals surface area contributed by atoms with Gasteiger partial charge in [0, 0.05) is 17.3 Å². The zero-order chi connectivity index (χ0) is 28.9. The summed E-state index contributed by atoms with van der Waals surface area (Å²) in [5, 5.41) is 11.4. The van der Waals surface area contributed by atoms with Crippen LogP contribution in [0.4, 0.5) is 0 Å². The molecule has 0 fully saturated rings. The van der Waals surface area contributed by atoms with Gasteiger partial charge in [0.2, 0.25) is 0 Å². The van der Waals surface area contributed by atoms with Crippen LogP contribution in [0.5, 0.6) is 5.75 Å². The van der Waals surface area contributed by atoms with Crippen LogP contribution in [0, 0.1) is 0 Å². The third-order valence-electron chi connectivity index (χ3n) is 8.38. The highest BCUT2D eigenvalue weighted by atomic mass is 16.3. The van der Waals surface area contributed by atoms with Crippen molar-refractivity contribution >= 4 is 0 Å². The van der Waals surface area contributed by atoms with E-state index in [0.29, 0.717) is 0 Å². The SMILES string of the molecule is CC(C)(C)c1cccc(-c2cccc(C3(c4cccc(-c5ccncn5)c4)c4ccccc4-c4ccccc43)n2)c1O. The first-order chi connectivity index (χ1) is 20.4. The van der Waals surface area contributed by atoms with Crippen molar-refractivity contribution in [2.24, 2.45) is 0 Å². The van der Waals surface area contributed by atoms with Gasteiger partial charge in [0.1, 0.15) is 12.1 Å². The second kappa shape index (κ2) is 9.78. The number of para-hydroxylation sites is 1. The van der Waals surface area contributed by atoms with Crippen molar-refractivity contribution in [3.63, 3.8) is 0 Å². The van der Waals surface area contributed by atoms with Crippen LogP contribution in [-0.4, -0.2) is 20.1 Å². The molecule has 2 aromatic heterocycles. The molecule has 6 aromatic rings. The summed E-state index contributed by atoms with van der Waals surface area (Å²) < 4.78 is 0. The van der Waals surface area contributed by atoms with Crippen molar-refractivity contribution in [3.05, 3.63) is 156 Å². The predicted octanol–water partition coefficient (Wildman–Crippen LogP) is 8.57. The number of fused-ring (bicyclic) bond motifs is 3. The normalized spacial score (nSPS) is 13.4. The molecule has 0 amide bonds. The lowest BCUT2D eigenvalue weighted by Crippen LogP contribution is -2.30. The molecule has 0 radical (unpaired) electrons. The van der Waals surface area contributed by atoms with Crippen molar-refractivity contribution < 1.29 is 5.11 Å². The Kier molecular flexibility index (Phi) is 6.02. The van der Waals surface area contributed by atoms with Crippen LogP contribution in [0.15, 0.2) is 128 Å². The number of benzene rings is 4. The summed E-state index contributed by atoms with van der Waals surface area (Å²) in [6.07, 6.45) is 3.36. The number of rotatable bonds is 4. The molecule has 0 unspecified atom stereocenters. The van der Waals surface area contributed by atoms with Crippen LogP contribution in [0.2, 0.25) is 0 Å². The molecule has 1 N–H and O–H groups in total. The Morgan fingerprint density at radius 1 is 0.643 bits per heavy atom. The minimum atomic E-state index is -0.677. The molecular weight excluding hydrogens is 514 g/mol. The maximum absolute atomic E-state index is 11.4. The van der Waals surface area contributed by atoms with Gasteiger partial charge in [0.15, 0.2) is 0 Å². The van der Waals surface area contributed by atoms with E-state index in [1.165, 1.54) is 22.3 Å². The number of hydrogen-bond donors (Lipinski definition) is 1. The van der Waals surface area contributed by atoms with E-state index < -0.39 is 5.41 Å². The Morgan fingerprint density at radius 3 is 2.00 bits per heavy atom. The van der Waals surface area contributed by atoms with Gasteiger partial charge in [-0.15, -0.1) is 0 Å². The average Bonchev–Trinajstić information content (AvgIpc) is 3.32. The van der Waals surface area contributed by atoms with E-state index in [0.717, 1.165) is 39.3 Å². The maximum atomic E-state index is 11.4. The monoisotopic (exact) mass is 545 g/mol. The summed E-state index contributed by atoms with van der Waals surface area (Å²) in [6.45, 7) is 6.34. The van der Waals surface area contributed by atoms with Crippen molar-refractivity contribution in [2.45, 2.75) is 31.6 Å². The predicted molar refractivity (Wildman–Crippen MR) is 168 cm³/mol. The minimum absolute atomic E-state index is 0.205. The molecule has 0 spiro atoms. The molecule has 0 saturated heterocycles. The molecule has 0 saturated carbocycles. The van der Waals surface area contributed by atoms with E-state index in [1.54, 1.807) is 12.5 Å². The lowest BCUT2D eigenvalue weighted by atomic mass is 9.69. The molecule has 0 atom stereocenters. The van der Waals surface area contributed by atoms with E-state index in [-0.39, 0.29) is 11.2 Å². The largest absolute Gasteiger partial charge is 0.507 e. The number of nitrogens with zero attached hydrogens (tertiary/aromatic N) is 3. The lowest BCUT2D eigenvalue weighted by molar-refractivity contribution is 0.448. The summed E-state index contributed by atoms with van der Waals surface area (Å²) in [5.74, 6) is 0.279. The van der Waals surface area contributed by atoms with Gasteiger partial charge in [0.25, 0.3) is 0 Å². The number of hydrogen-bond acceptors (Lipinski definition) is 4. The molecule has 0 bridgehead atoms. The molecule has 4 heteroatoms. The van der Waals surface area contributed by atoms with Crippen LogP contribution in [0.1, 0.15) is 48.7 Å². The van der Waals surface area contributed by atoms with Crippen LogP contribution < -0.4 is 0 Å². The smallest absolute Gasteiger partial charge is 0.128 e. The first-order valence-electron chi connectivity index (χ1n) is 14.3. The summed E-state index contributed by atoms with van der Waals surface area (Å²) in [7, 11) is 0. The van der Waals surface area contributed by atoms with E-state index in [4.69, 9.17) is 4.98 Å². The Balaban J connectivity index is 1.53.